The van der Waals surface area contributed by atoms with E-state index in [1.54, 1.807) is 0 Å². The van der Waals surface area contributed by atoms with Gasteiger partial charge in [0.15, 0.2) is 0 Å². The third-order valence-corrected chi connectivity index (χ3v) is 0.192. The van der Waals surface area contributed by atoms with E-state index in [4.69, 9.17) is 10.0 Å². The van der Waals surface area contributed by atoms with Gasteiger partial charge in [-0.1, -0.05) is 0 Å². The molecule has 6 heteroatoms. The first kappa shape index (κ1) is 9.71. The van der Waals surface area contributed by atoms with Crippen LogP contribution in [0.25, 0.3) is 0 Å². The SMILES string of the molecule is BOB([O-])[O-].[Ni+2]. The van der Waals surface area contributed by atoms with Crippen molar-refractivity contribution in [1.29, 1.82) is 0 Å². The fourth-order valence-electron chi connectivity index (χ4n) is 0. The molecule has 0 aromatic carbocycles. The van der Waals surface area contributed by atoms with E-state index in [2.05, 4.69) is 4.57 Å². The fourth-order valence-corrected chi connectivity index (χ4v) is 0. The van der Waals surface area contributed by atoms with Crippen molar-refractivity contribution in [2.24, 2.45) is 0 Å². The van der Waals surface area contributed by atoms with Crippen molar-refractivity contribution in [3.8, 4) is 0 Å². The van der Waals surface area contributed by atoms with Gasteiger partial charge in [0, 0.05) is 7.32 Å². The summed E-state index contributed by atoms with van der Waals surface area (Å²) < 4.78 is 3.64. The normalized spacial score (nSPS) is 6.33. The molecule has 0 rings (SSSR count). The molecule has 0 aliphatic heterocycles. The smallest absolute Gasteiger partial charge is 0.872 e. The van der Waals surface area contributed by atoms with Crippen LogP contribution in [0.4, 0.5) is 0 Å². The molecular formula is H2B2NiO3. The Bertz CT molecular complexity index is 22.8. The number of rotatable bonds is 1. The minimum Gasteiger partial charge on any atom is -0.872 e. The molecule has 0 N–H and O–H groups in total. The number of hydrogen-bond acceptors (Lipinski definition) is 3. The van der Waals surface area contributed by atoms with Crippen molar-refractivity contribution in [2.75, 3.05) is 0 Å². The van der Waals surface area contributed by atoms with E-state index in [1.807, 2.05) is 0 Å². The molecule has 0 saturated carbocycles. The summed E-state index contributed by atoms with van der Waals surface area (Å²) in [4.78, 5) is 0. The van der Waals surface area contributed by atoms with Crippen LogP contribution in [0.15, 0.2) is 0 Å². The summed E-state index contributed by atoms with van der Waals surface area (Å²) in [5, 5.41) is 18.2. The summed E-state index contributed by atoms with van der Waals surface area (Å²) in [7, 11) is -1.04. The third-order valence-electron chi connectivity index (χ3n) is 0.192. The molecule has 0 aliphatic carbocycles. The molecule has 0 spiro atoms. The molecule has 0 radical (unpaired) electrons. The van der Waals surface area contributed by atoms with Crippen LogP contribution in [0, 0.1) is 0 Å². The van der Waals surface area contributed by atoms with Crippen LogP contribution in [0.3, 0.4) is 0 Å². The maximum absolute atomic E-state index is 9.12. The molecule has 0 fully saturated rings. The average molecular weight is 130 g/mol. The van der Waals surface area contributed by atoms with Gasteiger partial charge in [-0.05, 0) is 0 Å². The van der Waals surface area contributed by atoms with Gasteiger partial charge in [0.05, 0.1) is 0 Å². The first-order chi connectivity index (χ1) is 2.27. The van der Waals surface area contributed by atoms with Gasteiger partial charge >= 0.3 is 16.5 Å². The molecule has 0 aromatic heterocycles. The molecule has 0 aromatic rings. The Balaban J connectivity index is 0. The van der Waals surface area contributed by atoms with Crippen LogP contribution in [0.5, 0.6) is 0 Å². The van der Waals surface area contributed by atoms with E-state index in [9.17, 15) is 0 Å². The molecule has 0 heterocycles. The Morgan fingerprint density at radius 2 is 1.67 bits per heavy atom. The summed E-state index contributed by atoms with van der Waals surface area (Å²) in [6.07, 6.45) is 0. The molecule has 0 saturated heterocycles. The largest absolute Gasteiger partial charge is 2.00 e. The monoisotopic (exact) mass is 130 g/mol. The van der Waals surface area contributed by atoms with Crippen molar-refractivity contribution < 1.29 is 31.1 Å². The fraction of sp³-hybridized carbons (Fsp3) is 0. The van der Waals surface area contributed by atoms with Gasteiger partial charge in [0.2, 0.25) is 8.05 Å². The third kappa shape index (κ3) is 8.82. The van der Waals surface area contributed by atoms with Crippen LogP contribution in [0.2, 0.25) is 0 Å². The van der Waals surface area contributed by atoms with Crippen molar-refractivity contribution in [2.45, 2.75) is 0 Å². The second-order valence-electron chi connectivity index (χ2n) is 0.524. The first-order valence-electron chi connectivity index (χ1n) is 1.12. The zero-order valence-electron chi connectivity index (χ0n) is 3.12. The first-order valence-corrected chi connectivity index (χ1v) is 1.12. The zero-order chi connectivity index (χ0) is 4.28. The van der Waals surface area contributed by atoms with Gasteiger partial charge in [0.25, 0.3) is 0 Å². The summed E-state index contributed by atoms with van der Waals surface area (Å²) in [5.74, 6) is 0. The van der Waals surface area contributed by atoms with Crippen LogP contribution < -0.4 is 10.0 Å². The van der Waals surface area contributed by atoms with Gasteiger partial charge in [-0.25, -0.2) is 0 Å². The van der Waals surface area contributed by atoms with Crippen LogP contribution in [-0.2, 0) is 21.1 Å². The van der Waals surface area contributed by atoms with E-state index < -0.39 is 7.32 Å². The van der Waals surface area contributed by atoms with E-state index in [1.165, 1.54) is 0 Å². The molecule has 0 aliphatic rings. The average Bonchev–Trinajstić information content (AvgIpc) is 1.38. The zero-order valence-corrected chi connectivity index (χ0v) is 4.11. The van der Waals surface area contributed by atoms with E-state index in [-0.39, 0.29) is 16.5 Å². The molecule has 36 valence electrons. The van der Waals surface area contributed by atoms with Gasteiger partial charge in [-0.2, -0.15) is 0 Å². The van der Waals surface area contributed by atoms with E-state index in [0.29, 0.717) is 0 Å². The number of hydrogen-bond donors (Lipinski definition) is 0. The molecule has 6 heavy (non-hydrogen) atoms. The Labute approximate surface area is 47.2 Å². The van der Waals surface area contributed by atoms with Crippen molar-refractivity contribution >= 4 is 15.4 Å². The van der Waals surface area contributed by atoms with Gasteiger partial charge in [-0.15, -0.1) is 0 Å². The van der Waals surface area contributed by atoms with E-state index in [0.717, 1.165) is 8.05 Å². The molecule has 0 atom stereocenters. The summed E-state index contributed by atoms with van der Waals surface area (Å²) in [6, 6.07) is 0. The Morgan fingerprint density at radius 3 is 1.67 bits per heavy atom. The molecular weight excluding hydrogens is 128 g/mol. The minimum absolute atomic E-state index is 0. The van der Waals surface area contributed by atoms with Gasteiger partial charge in [-0.3, -0.25) is 0 Å². The van der Waals surface area contributed by atoms with Gasteiger partial charge in [0.1, 0.15) is 0 Å². The van der Waals surface area contributed by atoms with Crippen molar-refractivity contribution in [3.05, 3.63) is 0 Å². The van der Waals surface area contributed by atoms with Crippen molar-refractivity contribution in [3.63, 3.8) is 0 Å². The Hall–Kier alpha value is 0.503. The molecule has 3 nitrogen and oxygen atoms in total. The second kappa shape index (κ2) is 5.50. The van der Waals surface area contributed by atoms with Gasteiger partial charge < -0.3 is 14.6 Å². The molecule has 0 bridgehead atoms. The predicted octanol–water partition coefficient (Wildman–Crippen LogP) is -3.75. The van der Waals surface area contributed by atoms with Crippen LogP contribution in [0.1, 0.15) is 0 Å². The van der Waals surface area contributed by atoms with E-state index >= 15 is 0 Å². The topological polar surface area (TPSA) is 55.3 Å². The standard InChI is InChI=1S/B2H2O3.Ni/c1-5-2(3)4;/h1H2;/q-2;+2. The Morgan fingerprint density at radius 1 is 1.50 bits per heavy atom. The van der Waals surface area contributed by atoms with Crippen LogP contribution >= 0.6 is 0 Å². The summed E-state index contributed by atoms with van der Waals surface area (Å²) >= 11 is 0. The van der Waals surface area contributed by atoms with Crippen LogP contribution in [-0.4, -0.2) is 15.4 Å². The maximum atomic E-state index is 9.12. The Kier molecular flexibility index (Phi) is 8.91. The summed E-state index contributed by atoms with van der Waals surface area (Å²) in [6.45, 7) is 0. The molecule has 0 amide bonds. The molecule has 0 unspecified atom stereocenters. The maximum Gasteiger partial charge on any atom is 2.00 e. The predicted molar refractivity (Wildman–Crippen MR) is 15.4 cm³/mol. The summed E-state index contributed by atoms with van der Waals surface area (Å²) in [5.41, 5.74) is 0. The second-order valence-corrected chi connectivity index (χ2v) is 0.524. The van der Waals surface area contributed by atoms with Crippen molar-refractivity contribution in [1.82, 2.24) is 0 Å². The quantitative estimate of drug-likeness (QED) is 0.343. The minimum atomic E-state index is -2.12.